The fourth-order valence-corrected chi connectivity index (χ4v) is 2.16. The first-order valence-corrected chi connectivity index (χ1v) is 6.16. The second-order valence-electron chi connectivity index (χ2n) is 4.50. The molecule has 2 heterocycles. The van der Waals surface area contributed by atoms with Crippen LogP contribution in [0.15, 0.2) is 24.5 Å². The minimum Gasteiger partial charge on any atom is -0.337 e. The van der Waals surface area contributed by atoms with Crippen LogP contribution in [0, 0.1) is 0 Å². The average Bonchev–Trinajstić information content (AvgIpc) is 2.38. The van der Waals surface area contributed by atoms with E-state index >= 15 is 0 Å². The largest absolute Gasteiger partial charge is 0.337 e. The van der Waals surface area contributed by atoms with Crippen molar-refractivity contribution in [3.8, 4) is 0 Å². The molecule has 0 aliphatic carbocycles. The van der Waals surface area contributed by atoms with Gasteiger partial charge in [-0.05, 0) is 31.0 Å². The van der Waals surface area contributed by atoms with Gasteiger partial charge in [0.1, 0.15) is 0 Å². The third-order valence-corrected chi connectivity index (χ3v) is 3.20. The van der Waals surface area contributed by atoms with Crippen molar-refractivity contribution in [2.24, 2.45) is 0 Å². The highest BCUT2D eigenvalue weighted by Crippen LogP contribution is 2.08. The topological polar surface area (TPSA) is 45.2 Å². The highest BCUT2D eigenvalue weighted by molar-refractivity contribution is 5.85. The van der Waals surface area contributed by atoms with Gasteiger partial charge >= 0.3 is 0 Å². The van der Waals surface area contributed by atoms with Gasteiger partial charge in [-0.1, -0.05) is 0 Å². The van der Waals surface area contributed by atoms with E-state index in [0.29, 0.717) is 12.5 Å². The predicted octanol–water partition coefficient (Wildman–Crippen LogP) is 1.68. The van der Waals surface area contributed by atoms with E-state index in [9.17, 15) is 4.79 Å². The van der Waals surface area contributed by atoms with Gasteiger partial charge in [0.15, 0.2) is 0 Å². The molecule has 6 heteroatoms. The van der Waals surface area contributed by atoms with Crippen LogP contribution in [0.5, 0.6) is 0 Å². The summed E-state index contributed by atoms with van der Waals surface area (Å²) in [6.45, 7) is 4.74. The van der Waals surface area contributed by atoms with Gasteiger partial charge in [-0.15, -0.1) is 24.8 Å². The number of carbonyl (C=O) groups is 1. The number of carbonyl (C=O) groups excluding carboxylic acids is 1. The minimum atomic E-state index is 0. The van der Waals surface area contributed by atoms with Gasteiger partial charge in [0, 0.05) is 44.5 Å². The number of nitrogens with one attached hydrogen (secondary N) is 1. The summed E-state index contributed by atoms with van der Waals surface area (Å²) in [6, 6.07) is 4.25. The van der Waals surface area contributed by atoms with E-state index < -0.39 is 0 Å². The van der Waals surface area contributed by atoms with Crippen molar-refractivity contribution in [2.75, 3.05) is 19.6 Å². The molecule has 1 fully saturated rings. The fraction of sp³-hybridized carbons (Fsp3) is 0.538. The number of aryl methyl sites for hydroxylation is 1. The summed E-state index contributed by atoms with van der Waals surface area (Å²) in [5, 5.41) is 3.29. The van der Waals surface area contributed by atoms with Crippen LogP contribution in [-0.2, 0) is 11.2 Å². The third-order valence-electron chi connectivity index (χ3n) is 3.20. The van der Waals surface area contributed by atoms with Crippen molar-refractivity contribution in [1.82, 2.24) is 15.2 Å². The number of aromatic nitrogens is 1. The summed E-state index contributed by atoms with van der Waals surface area (Å²) in [5.74, 6) is 0.260. The predicted molar refractivity (Wildman–Crippen MR) is 81.1 cm³/mol. The van der Waals surface area contributed by atoms with Gasteiger partial charge < -0.3 is 10.2 Å². The highest BCUT2D eigenvalue weighted by Gasteiger charge is 2.22. The van der Waals surface area contributed by atoms with E-state index in [2.05, 4.69) is 17.2 Å². The molecule has 0 spiro atoms. The Morgan fingerprint density at radius 1 is 1.42 bits per heavy atom. The summed E-state index contributed by atoms with van der Waals surface area (Å²) in [7, 11) is 0. The zero-order valence-electron chi connectivity index (χ0n) is 11.0. The van der Waals surface area contributed by atoms with Gasteiger partial charge in [-0.25, -0.2) is 0 Å². The maximum absolute atomic E-state index is 12.1. The lowest BCUT2D eigenvalue weighted by molar-refractivity contribution is -0.133. The van der Waals surface area contributed by atoms with Crippen LogP contribution in [-0.4, -0.2) is 41.5 Å². The summed E-state index contributed by atoms with van der Waals surface area (Å²) < 4.78 is 0. The Morgan fingerprint density at radius 3 is 2.74 bits per heavy atom. The maximum Gasteiger partial charge on any atom is 0.223 e. The molecule has 1 amide bonds. The lowest BCUT2D eigenvalue weighted by atomic mass is 10.1. The second-order valence-corrected chi connectivity index (χ2v) is 4.50. The molecule has 1 aromatic heterocycles. The first kappa shape index (κ1) is 18.2. The van der Waals surface area contributed by atoms with E-state index in [-0.39, 0.29) is 30.7 Å². The quantitative estimate of drug-likeness (QED) is 0.924. The number of hydrogen-bond donors (Lipinski definition) is 1. The first-order chi connectivity index (χ1) is 8.27. The normalized spacial score (nSPS) is 18.2. The van der Waals surface area contributed by atoms with Gasteiger partial charge in [0.05, 0.1) is 0 Å². The molecule has 108 valence electrons. The Morgan fingerprint density at radius 2 is 2.11 bits per heavy atom. The Balaban J connectivity index is 0.00000162. The molecular weight excluding hydrogens is 285 g/mol. The lowest BCUT2D eigenvalue weighted by Gasteiger charge is -2.34. The molecule has 0 bridgehead atoms. The summed E-state index contributed by atoms with van der Waals surface area (Å²) in [6.07, 6.45) is 4.94. The zero-order valence-corrected chi connectivity index (χ0v) is 12.7. The molecule has 1 saturated heterocycles. The number of nitrogens with zero attached hydrogens (tertiary/aromatic N) is 2. The van der Waals surface area contributed by atoms with Crippen molar-refractivity contribution < 1.29 is 4.79 Å². The highest BCUT2D eigenvalue weighted by atomic mass is 35.5. The molecule has 0 aromatic carbocycles. The van der Waals surface area contributed by atoms with E-state index in [1.54, 1.807) is 12.4 Å². The van der Waals surface area contributed by atoms with E-state index in [1.165, 1.54) is 5.56 Å². The smallest absolute Gasteiger partial charge is 0.223 e. The number of hydrogen-bond acceptors (Lipinski definition) is 3. The Bertz CT molecular complexity index is 375. The lowest BCUT2D eigenvalue weighted by Crippen LogP contribution is -2.52. The number of piperazine rings is 1. The van der Waals surface area contributed by atoms with Crippen LogP contribution in [0.4, 0.5) is 0 Å². The molecule has 4 nitrogen and oxygen atoms in total. The first-order valence-electron chi connectivity index (χ1n) is 6.16. The Hall–Kier alpha value is -0.840. The van der Waals surface area contributed by atoms with Crippen LogP contribution in [0.3, 0.4) is 0 Å². The Kier molecular flexibility index (Phi) is 8.72. The summed E-state index contributed by atoms with van der Waals surface area (Å²) in [5.41, 5.74) is 1.18. The second kappa shape index (κ2) is 9.13. The van der Waals surface area contributed by atoms with Crippen molar-refractivity contribution in [2.45, 2.75) is 25.8 Å². The SMILES string of the molecule is CC1CNCCN1C(=O)CCc1ccncc1.Cl.Cl. The van der Waals surface area contributed by atoms with E-state index in [1.807, 2.05) is 17.0 Å². The van der Waals surface area contributed by atoms with Gasteiger partial charge in [-0.2, -0.15) is 0 Å². The molecule has 1 aromatic rings. The Labute approximate surface area is 126 Å². The van der Waals surface area contributed by atoms with Gasteiger partial charge in [0.25, 0.3) is 0 Å². The van der Waals surface area contributed by atoms with E-state index in [0.717, 1.165) is 26.1 Å². The van der Waals surface area contributed by atoms with Crippen molar-refractivity contribution in [3.05, 3.63) is 30.1 Å². The van der Waals surface area contributed by atoms with Crippen LogP contribution >= 0.6 is 24.8 Å². The van der Waals surface area contributed by atoms with Crippen LogP contribution in [0.2, 0.25) is 0 Å². The minimum absolute atomic E-state index is 0. The van der Waals surface area contributed by atoms with Crippen LogP contribution in [0.25, 0.3) is 0 Å². The molecule has 0 saturated carbocycles. The molecule has 0 radical (unpaired) electrons. The number of halogens is 2. The fourth-order valence-electron chi connectivity index (χ4n) is 2.16. The molecule has 1 N–H and O–H groups in total. The molecule has 1 aliphatic heterocycles. The average molecular weight is 306 g/mol. The zero-order chi connectivity index (χ0) is 12.1. The molecule has 1 unspecified atom stereocenters. The standard InChI is InChI=1S/C13H19N3O.2ClH/c1-11-10-15-8-9-16(11)13(17)3-2-12-4-6-14-7-5-12;;/h4-7,11,15H,2-3,8-10H2,1H3;2*1H. The van der Waals surface area contributed by atoms with Gasteiger partial charge in [0.2, 0.25) is 5.91 Å². The number of rotatable bonds is 3. The van der Waals surface area contributed by atoms with E-state index in [4.69, 9.17) is 0 Å². The van der Waals surface area contributed by atoms with Gasteiger partial charge in [-0.3, -0.25) is 9.78 Å². The molecular formula is C13H21Cl2N3O. The third kappa shape index (κ3) is 5.35. The monoisotopic (exact) mass is 305 g/mol. The van der Waals surface area contributed by atoms with Crippen molar-refractivity contribution in [1.29, 1.82) is 0 Å². The summed E-state index contributed by atoms with van der Waals surface area (Å²) >= 11 is 0. The number of amides is 1. The molecule has 1 aliphatic rings. The van der Waals surface area contributed by atoms with Crippen LogP contribution < -0.4 is 5.32 Å². The maximum atomic E-state index is 12.1. The van der Waals surface area contributed by atoms with Crippen molar-refractivity contribution in [3.63, 3.8) is 0 Å². The van der Waals surface area contributed by atoms with Crippen molar-refractivity contribution >= 4 is 30.7 Å². The molecule has 1 atom stereocenters. The van der Waals surface area contributed by atoms with Crippen LogP contribution in [0.1, 0.15) is 18.9 Å². The number of pyridine rings is 1. The summed E-state index contributed by atoms with van der Waals surface area (Å²) in [4.78, 5) is 18.0. The molecule has 19 heavy (non-hydrogen) atoms. The molecule has 2 rings (SSSR count).